The fraction of sp³-hybridized carbons (Fsp3) is 0. The predicted octanol–water partition coefficient (Wildman–Crippen LogP) is 19.6. The lowest BCUT2D eigenvalue weighted by molar-refractivity contribution is 1.58. The van der Waals surface area contributed by atoms with Gasteiger partial charge in [-0.05, 0) is 175 Å². The van der Waals surface area contributed by atoms with E-state index in [1.54, 1.807) is 0 Å². The molecule has 0 bridgehead atoms. The summed E-state index contributed by atoms with van der Waals surface area (Å²) in [4.78, 5) is 0. The highest BCUT2D eigenvalue weighted by atomic mass is 14.2. The third-order valence-corrected chi connectivity index (χ3v) is 14.2. The smallest absolute Gasteiger partial charge is 0.00259 e. The van der Waals surface area contributed by atoms with Gasteiger partial charge in [0, 0.05) is 0 Å². The number of rotatable bonds is 8. The van der Waals surface area contributed by atoms with E-state index in [2.05, 4.69) is 279 Å². The fourth-order valence-electron chi connectivity index (χ4n) is 11.1. The standard InChI is InChI=1S/C70H46/c1-5-22-47(23-6-1)53-41-54(48-24-7-2-8-25-48)44-57(43-53)69-63-36-17-13-32-59(63)67(60-33-14-18-37-64(60)69)51-30-21-31-52(40-51)68-61-34-15-19-38-65(61)70(66-39-20-16-35-62(66)68)58-45-55(49-26-9-3-10-27-49)42-56(46-58)50-28-11-4-12-29-50/h1-46H. The summed E-state index contributed by atoms with van der Waals surface area (Å²) in [6.07, 6.45) is 0. The summed E-state index contributed by atoms with van der Waals surface area (Å²) in [7, 11) is 0. The van der Waals surface area contributed by atoms with Crippen LogP contribution in [0.1, 0.15) is 0 Å². The zero-order valence-corrected chi connectivity index (χ0v) is 38.6. The molecule has 0 N–H and O–H groups in total. The van der Waals surface area contributed by atoms with Crippen LogP contribution in [0.25, 0.3) is 132 Å². The molecule has 13 aromatic carbocycles. The van der Waals surface area contributed by atoms with Crippen molar-refractivity contribution in [2.24, 2.45) is 0 Å². The zero-order chi connectivity index (χ0) is 46.4. The second-order valence-corrected chi connectivity index (χ2v) is 18.3. The van der Waals surface area contributed by atoms with Crippen molar-refractivity contribution in [1.82, 2.24) is 0 Å². The van der Waals surface area contributed by atoms with Crippen molar-refractivity contribution >= 4 is 43.1 Å². The van der Waals surface area contributed by atoms with Gasteiger partial charge in [0.1, 0.15) is 0 Å². The summed E-state index contributed by atoms with van der Waals surface area (Å²) in [5, 5.41) is 9.87. The first-order valence-electron chi connectivity index (χ1n) is 24.2. The first-order valence-corrected chi connectivity index (χ1v) is 24.2. The van der Waals surface area contributed by atoms with E-state index < -0.39 is 0 Å². The summed E-state index contributed by atoms with van der Waals surface area (Å²) < 4.78 is 0. The van der Waals surface area contributed by atoms with Crippen molar-refractivity contribution in [1.29, 1.82) is 0 Å². The molecule has 0 fully saturated rings. The Labute approximate surface area is 409 Å². The normalized spacial score (nSPS) is 11.4. The third kappa shape index (κ3) is 7.26. The second kappa shape index (κ2) is 17.5. The van der Waals surface area contributed by atoms with E-state index in [4.69, 9.17) is 0 Å². The summed E-state index contributed by atoms with van der Waals surface area (Å²) in [6.45, 7) is 0. The largest absolute Gasteiger partial charge is 0.0622 e. The van der Waals surface area contributed by atoms with Crippen LogP contribution in [-0.2, 0) is 0 Å². The monoisotopic (exact) mass is 886 g/mol. The number of hydrogen-bond donors (Lipinski definition) is 0. The molecular formula is C70H46. The molecule has 0 aromatic heterocycles. The van der Waals surface area contributed by atoms with Gasteiger partial charge in [-0.3, -0.25) is 0 Å². The van der Waals surface area contributed by atoms with Crippen LogP contribution >= 0.6 is 0 Å². The highest BCUT2D eigenvalue weighted by molar-refractivity contribution is 6.24. The van der Waals surface area contributed by atoms with Gasteiger partial charge < -0.3 is 0 Å². The minimum atomic E-state index is 1.19. The van der Waals surface area contributed by atoms with E-state index >= 15 is 0 Å². The van der Waals surface area contributed by atoms with Crippen LogP contribution in [0.2, 0.25) is 0 Å². The molecule has 70 heavy (non-hydrogen) atoms. The lowest BCUT2D eigenvalue weighted by Gasteiger charge is -2.21. The van der Waals surface area contributed by atoms with Crippen molar-refractivity contribution in [2.75, 3.05) is 0 Å². The van der Waals surface area contributed by atoms with E-state index in [0.29, 0.717) is 0 Å². The molecule has 0 radical (unpaired) electrons. The van der Waals surface area contributed by atoms with E-state index in [1.165, 1.54) is 132 Å². The fourth-order valence-corrected chi connectivity index (χ4v) is 11.1. The Morgan fingerprint density at radius 3 is 0.529 bits per heavy atom. The van der Waals surface area contributed by atoms with Crippen LogP contribution in [0.5, 0.6) is 0 Å². The van der Waals surface area contributed by atoms with Crippen LogP contribution in [-0.4, -0.2) is 0 Å². The van der Waals surface area contributed by atoms with Crippen LogP contribution in [0.15, 0.2) is 279 Å². The van der Waals surface area contributed by atoms with Crippen LogP contribution in [0, 0.1) is 0 Å². The van der Waals surface area contributed by atoms with Crippen molar-refractivity contribution in [3.8, 4) is 89.0 Å². The van der Waals surface area contributed by atoms with Gasteiger partial charge in [-0.2, -0.15) is 0 Å². The molecule has 0 heterocycles. The molecule has 0 saturated heterocycles. The van der Waals surface area contributed by atoms with Crippen molar-refractivity contribution in [3.05, 3.63) is 279 Å². The van der Waals surface area contributed by atoms with E-state index in [1.807, 2.05) is 0 Å². The minimum Gasteiger partial charge on any atom is -0.0622 e. The molecule has 13 rings (SSSR count). The molecule has 0 spiro atoms. The molecule has 0 aliphatic heterocycles. The van der Waals surface area contributed by atoms with Gasteiger partial charge in [0.15, 0.2) is 0 Å². The van der Waals surface area contributed by atoms with Gasteiger partial charge in [0.25, 0.3) is 0 Å². The summed E-state index contributed by atoms with van der Waals surface area (Å²) in [5.74, 6) is 0. The highest BCUT2D eigenvalue weighted by Crippen LogP contribution is 2.49. The molecule has 326 valence electrons. The first kappa shape index (κ1) is 41.1. The average molecular weight is 887 g/mol. The van der Waals surface area contributed by atoms with Crippen LogP contribution in [0.3, 0.4) is 0 Å². The Kier molecular flexibility index (Phi) is 10.3. The topological polar surface area (TPSA) is 0 Å². The highest BCUT2D eigenvalue weighted by Gasteiger charge is 2.21. The predicted molar refractivity (Wildman–Crippen MR) is 300 cm³/mol. The second-order valence-electron chi connectivity index (χ2n) is 18.3. The Morgan fingerprint density at radius 2 is 0.286 bits per heavy atom. The van der Waals surface area contributed by atoms with Crippen molar-refractivity contribution in [3.63, 3.8) is 0 Å². The maximum Gasteiger partial charge on any atom is -0.00259 e. The molecule has 0 saturated carbocycles. The summed E-state index contributed by atoms with van der Waals surface area (Å²) in [6, 6.07) is 103. The average Bonchev–Trinajstić information content (AvgIpc) is 3.44. The Hall–Kier alpha value is -9.10. The molecule has 0 unspecified atom stereocenters. The Balaban J connectivity index is 1.03. The molecule has 0 aliphatic rings. The van der Waals surface area contributed by atoms with E-state index in [9.17, 15) is 0 Å². The Morgan fingerprint density at radius 1 is 0.114 bits per heavy atom. The maximum absolute atomic E-state index is 2.44. The van der Waals surface area contributed by atoms with Crippen molar-refractivity contribution < 1.29 is 0 Å². The lowest BCUT2D eigenvalue weighted by atomic mass is 9.82. The molecule has 0 heteroatoms. The number of fused-ring (bicyclic) bond motifs is 4. The Bertz CT molecular complexity index is 3580. The number of benzene rings is 13. The van der Waals surface area contributed by atoms with Gasteiger partial charge in [-0.15, -0.1) is 0 Å². The van der Waals surface area contributed by atoms with Gasteiger partial charge in [-0.1, -0.05) is 237 Å². The lowest BCUT2D eigenvalue weighted by Crippen LogP contribution is -1.94. The minimum absolute atomic E-state index is 1.19. The molecule has 0 atom stereocenters. The third-order valence-electron chi connectivity index (χ3n) is 14.2. The SMILES string of the molecule is c1ccc(-c2cc(-c3ccccc3)cc(-c3c4ccccc4c(-c4cccc(-c5c6ccccc6c(-c6cc(-c7ccccc7)cc(-c7ccccc7)c6)c6ccccc56)c4)c4ccccc34)c2)cc1. The van der Waals surface area contributed by atoms with E-state index in [-0.39, 0.29) is 0 Å². The van der Waals surface area contributed by atoms with Crippen molar-refractivity contribution in [2.45, 2.75) is 0 Å². The van der Waals surface area contributed by atoms with Gasteiger partial charge in [-0.25, -0.2) is 0 Å². The van der Waals surface area contributed by atoms with Crippen LogP contribution < -0.4 is 0 Å². The van der Waals surface area contributed by atoms with Gasteiger partial charge in [0.2, 0.25) is 0 Å². The molecule has 0 aliphatic carbocycles. The quantitative estimate of drug-likeness (QED) is 0.133. The molecule has 13 aromatic rings. The maximum atomic E-state index is 2.44. The molecule has 0 nitrogen and oxygen atoms in total. The summed E-state index contributed by atoms with van der Waals surface area (Å²) in [5.41, 5.74) is 19.4. The number of hydrogen-bond acceptors (Lipinski definition) is 0. The molecular weight excluding hydrogens is 841 g/mol. The molecule has 0 amide bonds. The van der Waals surface area contributed by atoms with E-state index in [0.717, 1.165) is 0 Å². The first-order chi connectivity index (χ1) is 34.7. The van der Waals surface area contributed by atoms with Gasteiger partial charge in [0.05, 0.1) is 0 Å². The summed E-state index contributed by atoms with van der Waals surface area (Å²) >= 11 is 0. The zero-order valence-electron chi connectivity index (χ0n) is 38.6. The van der Waals surface area contributed by atoms with Gasteiger partial charge >= 0.3 is 0 Å². The van der Waals surface area contributed by atoms with Crippen LogP contribution in [0.4, 0.5) is 0 Å².